The second-order valence-corrected chi connectivity index (χ2v) is 15.1. The standard InChI is InChI=1S/C41H49N2O9/c1-23-18-24(2)41-30(14-15-31-33(41)34(44)25(3)36(37(31)52-41)51-38(45)28-11-7-8-12-28)20-32(48-6)40(47)50-35(23)26(4)49-39(46)29-13-9-10-27(19-29)21-43-17-16-42(5)22-43/h7-11,13-19,22-23,25-26,30-37,44H,12,20-21H2,1-6H3/q+1/b24-18+/t23-,25-,26-,30?,31-,32+,33+,34-,35+,36-,37-,41+/m1/s1. The number of nitrogens with zero attached hydrogens (tertiary/aromatic N) is 2. The highest BCUT2D eigenvalue weighted by atomic mass is 16.6. The van der Waals surface area contributed by atoms with Gasteiger partial charge in [-0.15, -0.1) is 0 Å². The minimum atomic E-state index is -1.00. The average molecular weight is 714 g/mol. The van der Waals surface area contributed by atoms with E-state index in [0.717, 1.165) is 11.1 Å². The molecule has 5 aliphatic rings. The number of carbonyl (C=O) groups excluding carboxylic acids is 3. The molecule has 1 aromatic heterocycles. The molecule has 1 saturated heterocycles. The number of ether oxygens (including phenoxy) is 5. The van der Waals surface area contributed by atoms with Gasteiger partial charge in [-0.3, -0.25) is 0 Å². The Labute approximate surface area is 304 Å². The summed E-state index contributed by atoms with van der Waals surface area (Å²) in [7, 11) is 3.42. The number of hydrogen-bond acceptors (Lipinski definition) is 9. The van der Waals surface area contributed by atoms with Gasteiger partial charge in [0.15, 0.2) is 6.10 Å². The molecule has 276 valence electrons. The zero-order valence-corrected chi connectivity index (χ0v) is 30.6. The van der Waals surface area contributed by atoms with Crippen LogP contribution >= 0.6 is 0 Å². The van der Waals surface area contributed by atoms with Crippen molar-refractivity contribution in [1.82, 2.24) is 4.57 Å². The van der Waals surface area contributed by atoms with E-state index in [0.29, 0.717) is 24.1 Å². The van der Waals surface area contributed by atoms with Crippen LogP contribution in [-0.4, -0.2) is 76.9 Å². The van der Waals surface area contributed by atoms with Crippen LogP contribution in [-0.2, 0) is 46.9 Å². The number of aromatic nitrogens is 2. The van der Waals surface area contributed by atoms with Crippen LogP contribution in [0.5, 0.6) is 0 Å². The molecule has 0 radical (unpaired) electrons. The molecule has 2 aliphatic heterocycles. The molecule has 1 saturated carbocycles. The molecule has 7 rings (SSSR count). The lowest BCUT2D eigenvalue weighted by atomic mass is 9.57. The Bertz CT molecular complexity index is 1840. The van der Waals surface area contributed by atoms with Gasteiger partial charge in [0.2, 0.25) is 6.33 Å². The van der Waals surface area contributed by atoms with Crippen molar-refractivity contribution in [3.63, 3.8) is 0 Å². The van der Waals surface area contributed by atoms with Crippen LogP contribution < -0.4 is 4.57 Å². The Morgan fingerprint density at radius 3 is 2.71 bits per heavy atom. The van der Waals surface area contributed by atoms with Gasteiger partial charge in [-0.25, -0.2) is 23.5 Å². The summed E-state index contributed by atoms with van der Waals surface area (Å²) < 4.78 is 35.1. The van der Waals surface area contributed by atoms with Crippen molar-refractivity contribution in [2.45, 2.75) is 89.3 Å². The Balaban J connectivity index is 1.16. The second-order valence-electron chi connectivity index (χ2n) is 15.1. The first-order valence-corrected chi connectivity index (χ1v) is 18.2. The molecule has 3 heterocycles. The van der Waals surface area contributed by atoms with Gasteiger partial charge in [0.1, 0.15) is 49.0 Å². The Kier molecular flexibility index (Phi) is 9.88. The van der Waals surface area contributed by atoms with Gasteiger partial charge in [0, 0.05) is 42.3 Å². The summed E-state index contributed by atoms with van der Waals surface area (Å²) in [6, 6.07) is 7.30. The number of esters is 3. The molecule has 1 N–H and O–H groups in total. The third-order valence-corrected chi connectivity index (χ3v) is 11.8. The van der Waals surface area contributed by atoms with Crippen molar-refractivity contribution in [1.29, 1.82) is 0 Å². The fourth-order valence-electron chi connectivity index (χ4n) is 9.19. The molecular weight excluding hydrogens is 664 g/mol. The Morgan fingerprint density at radius 2 is 2.00 bits per heavy atom. The van der Waals surface area contributed by atoms with E-state index in [9.17, 15) is 19.5 Å². The van der Waals surface area contributed by atoms with Crippen molar-refractivity contribution in [2.75, 3.05) is 7.11 Å². The molecule has 1 aromatic carbocycles. The zero-order chi connectivity index (χ0) is 36.9. The number of aliphatic hydroxyl groups is 1. The van der Waals surface area contributed by atoms with Crippen LogP contribution in [0.4, 0.5) is 0 Å². The summed E-state index contributed by atoms with van der Waals surface area (Å²) in [6.45, 7) is 8.13. The molecule has 0 amide bonds. The number of rotatable bonds is 8. The van der Waals surface area contributed by atoms with Crippen LogP contribution in [0.3, 0.4) is 0 Å². The highest BCUT2D eigenvalue weighted by Gasteiger charge is 2.69. The molecule has 11 heteroatoms. The molecule has 1 unspecified atom stereocenters. The van der Waals surface area contributed by atoms with Gasteiger partial charge >= 0.3 is 17.9 Å². The molecule has 1 spiro atoms. The number of cyclic esters (lactones) is 1. The molecule has 2 fully saturated rings. The van der Waals surface area contributed by atoms with E-state index in [2.05, 4.69) is 12.2 Å². The smallest absolute Gasteiger partial charge is 0.338 e. The minimum absolute atomic E-state index is 0.211. The largest absolute Gasteiger partial charge is 0.456 e. The topological polar surface area (TPSA) is 126 Å². The maximum Gasteiger partial charge on any atom is 0.338 e. The predicted octanol–water partition coefficient (Wildman–Crippen LogP) is 4.18. The van der Waals surface area contributed by atoms with Crippen molar-refractivity contribution >= 4 is 17.9 Å². The van der Waals surface area contributed by atoms with E-state index in [1.807, 2.05) is 92.1 Å². The second kappa shape index (κ2) is 14.2. The first-order chi connectivity index (χ1) is 24.9. The van der Waals surface area contributed by atoms with Gasteiger partial charge in [-0.1, -0.05) is 62.4 Å². The number of aryl methyl sites for hydroxylation is 1. The predicted molar refractivity (Wildman–Crippen MR) is 188 cm³/mol. The third-order valence-electron chi connectivity index (χ3n) is 11.8. The van der Waals surface area contributed by atoms with Crippen molar-refractivity contribution in [2.24, 2.45) is 36.6 Å². The summed E-state index contributed by atoms with van der Waals surface area (Å²) in [5.41, 5.74) is 1.77. The lowest BCUT2D eigenvalue weighted by molar-refractivity contribution is -0.671. The van der Waals surface area contributed by atoms with E-state index in [4.69, 9.17) is 23.7 Å². The average Bonchev–Trinajstić information content (AvgIpc) is 3.85. The Morgan fingerprint density at radius 1 is 1.19 bits per heavy atom. The summed E-state index contributed by atoms with van der Waals surface area (Å²) in [5, 5.41) is 12.0. The maximum absolute atomic E-state index is 13.8. The molecular formula is C41H49N2O9+. The van der Waals surface area contributed by atoms with Crippen molar-refractivity contribution in [3.8, 4) is 0 Å². The van der Waals surface area contributed by atoms with E-state index >= 15 is 0 Å². The maximum atomic E-state index is 13.8. The van der Waals surface area contributed by atoms with E-state index in [-0.39, 0.29) is 24.2 Å². The molecule has 11 nitrogen and oxygen atoms in total. The van der Waals surface area contributed by atoms with Crippen LogP contribution in [0.2, 0.25) is 0 Å². The van der Waals surface area contributed by atoms with Crippen LogP contribution in [0.1, 0.15) is 56.5 Å². The fourth-order valence-corrected chi connectivity index (χ4v) is 9.19. The van der Waals surface area contributed by atoms with Crippen LogP contribution in [0, 0.1) is 29.6 Å². The van der Waals surface area contributed by atoms with E-state index in [1.54, 1.807) is 19.1 Å². The number of methoxy groups -OCH3 is 1. The monoisotopic (exact) mass is 713 g/mol. The zero-order valence-electron chi connectivity index (χ0n) is 30.6. The number of benzene rings is 1. The number of allylic oxidation sites excluding steroid dienone is 3. The van der Waals surface area contributed by atoms with Crippen LogP contribution in [0.25, 0.3) is 0 Å². The molecule has 52 heavy (non-hydrogen) atoms. The van der Waals surface area contributed by atoms with Gasteiger partial charge < -0.3 is 28.8 Å². The van der Waals surface area contributed by atoms with E-state index < -0.39 is 72.0 Å². The minimum Gasteiger partial charge on any atom is -0.456 e. The van der Waals surface area contributed by atoms with Gasteiger partial charge in [-0.2, -0.15) is 0 Å². The summed E-state index contributed by atoms with van der Waals surface area (Å²) in [5.74, 6) is -3.21. The lowest BCUT2D eigenvalue weighted by Gasteiger charge is -2.49. The highest BCUT2D eigenvalue weighted by molar-refractivity contribution is 5.90. The SMILES string of the molecule is CO[C@H]1CC2C=C[C@H]3[C@H]4O[C@]2(/C(C)=C/[C@@H](C)[C@@H]([C@@H](C)OC(=O)c2cccc(Cn5cc[n+](C)c5)c2)OC1=O)[C@@H]3[C@H](O)[C@@H](C)[C@H]4OC(=O)C1=CC=CC1. The molecule has 2 aromatic rings. The quantitative estimate of drug-likeness (QED) is 0.186. The highest BCUT2D eigenvalue weighted by Crippen LogP contribution is 2.61. The first-order valence-electron chi connectivity index (χ1n) is 18.2. The number of carbonyl (C=O) groups is 3. The molecule has 12 atom stereocenters. The normalized spacial score (nSPS) is 36.6. The third kappa shape index (κ3) is 6.37. The first kappa shape index (κ1) is 36.1. The summed E-state index contributed by atoms with van der Waals surface area (Å²) >= 11 is 0. The number of aliphatic hydroxyl groups excluding tert-OH is 1. The molecule has 3 aliphatic carbocycles. The van der Waals surface area contributed by atoms with Gasteiger partial charge in [0.25, 0.3) is 0 Å². The summed E-state index contributed by atoms with van der Waals surface area (Å²) in [4.78, 5) is 40.5. The van der Waals surface area contributed by atoms with Crippen molar-refractivity contribution in [3.05, 3.63) is 102 Å². The lowest BCUT2D eigenvalue weighted by Crippen LogP contribution is -2.57. The van der Waals surface area contributed by atoms with Crippen molar-refractivity contribution < 1.29 is 47.7 Å². The Hall–Kier alpha value is -4.32. The van der Waals surface area contributed by atoms with E-state index in [1.165, 1.54) is 7.11 Å². The summed E-state index contributed by atoms with van der Waals surface area (Å²) in [6.07, 6.45) is 13.6. The van der Waals surface area contributed by atoms with Crippen LogP contribution in [0.15, 0.2) is 90.6 Å². The number of imidazole rings is 1. The van der Waals surface area contributed by atoms with Gasteiger partial charge in [0.05, 0.1) is 18.7 Å². The fraction of sp³-hybridized carbons (Fsp3) is 0.512. The number of hydrogen-bond donors (Lipinski definition) is 1. The molecule has 4 bridgehead atoms. The van der Waals surface area contributed by atoms with Gasteiger partial charge in [-0.05, 0) is 50.0 Å².